The minimum Gasteiger partial charge on any atom is -0.328 e. The SMILES string of the molecule is CC.CC1CCC(c2cc(C3=NCCC=N3)c[nH]c2=O)CC1. The Morgan fingerprint density at radius 2 is 1.91 bits per heavy atom. The molecule has 4 heteroatoms. The van der Waals surface area contributed by atoms with E-state index in [9.17, 15) is 4.79 Å². The number of nitrogens with one attached hydrogen (secondary N) is 1. The van der Waals surface area contributed by atoms with Crippen LogP contribution in [0.1, 0.15) is 69.9 Å². The Morgan fingerprint density at radius 1 is 1.18 bits per heavy atom. The van der Waals surface area contributed by atoms with Gasteiger partial charge in [0.1, 0.15) is 0 Å². The highest BCUT2D eigenvalue weighted by Crippen LogP contribution is 2.34. The van der Waals surface area contributed by atoms with Crippen LogP contribution in [0.15, 0.2) is 27.0 Å². The van der Waals surface area contributed by atoms with Crippen LogP contribution < -0.4 is 5.56 Å². The van der Waals surface area contributed by atoms with Crippen LogP contribution in [0.5, 0.6) is 0 Å². The summed E-state index contributed by atoms with van der Waals surface area (Å²) < 4.78 is 0. The second-order valence-corrected chi connectivity index (χ2v) is 5.94. The monoisotopic (exact) mass is 301 g/mol. The molecular weight excluding hydrogens is 274 g/mol. The number of hydrogen-bond acceptors (Lipinski definition) is 3. The third-order valence-electron chi connectivity index (χ3n) is 4.38. The highest BCUT2D eigenvalue weighted by molar-refractivity contribution is 6.03. The molecular formula is C18H27N3O. The van der Waals surface area contributed by atoms with Crippen LogP contribution in [0, 0.1) is 5.92 Å². The molecule has 1 saturated carbocycles. The molecule has 1 fully saturated rings. The molecule has 0 amide bonds. The lowest BCUT2D eigenvalue weighted by Crippen LogP contribution is -2.21. The molecule has 120 valence electrons. The topological polar surface area (TPSA) is 57.6 Å². The van der Waals surface area contributed by atoms with Gasteiger partial charge >= 0.3 is 0 Å². The Balaban J connectivity index is 0.000000847. The number of pyridine rings is 1. The van der Waals surface area contributed by atoms with E-state index in [4.69, 9.17) is 0 Å². The fourth-order valence-electron chi connectivity index (χ4n) is 3.09. The summed E-state index contributed by atoms with van der Waals surface area (Å²) in [5, 5.41) is 0. The van der Waals surface area contributed by atoms with E-state index < -0.39 is 0 Å². The summed E-state index contributed by atoms with van der Waals surface area (Å²) >= 11 is 0. The molecule has 2 heterocycles. The van der Waals surface area contributed by atoms with Crippen molar-refractivity contribution in [3.05, 3.63) is 33.7 Å². The molecule has 0 bridgehead atoms. The van der Waals surface area contributed by atoms with E-state index in [0.29, 0.717) is 5.92 Å². The van der Waals surface area contributed by atoms with Gasteiger partial charge in [-0.3, -0.25) is 9.79 Å². The summed E-state index contributed by atoms with van der Waals surface area (Å²) in [6.45, 7) is 7.08. The molecule has 0 saturated heterocycles. The standard InChI is InChI=1S/C16H21N3O.C2H6/c1-11-3-5-12(6-4-11)14-9-13(10-19-16(14)20)15-17-7-2-8-18-15;1-2/h7,9-12H,2-6,8H2,1H3,(H,19,20);1-2H3. The van der Waals surface area contributed by atoms with Crippen molar-refractivity contribution in [3.8, 4) is 0 Å². The molecule has 4 nitrogen and oxygen atoms in total. The fraction of sp³-hybridized carbons (Fsp3) is 0.611. The summed E-state index contributed by atoms with van der Waals surface area (Å²) in [6, 6.07) is 2.00. The van der Waals surface area contributed by atoms with Crippen LogP contribution in [0.4, 0.5) is 0 Å². The number of aromatic amines is 1. The smallest absolute Gasteiger partial charge is 0.251 e. The van der Waals surface area contributed by atoms with Crippen LogP contribution in [-0.4, -0.2) is 23.6 Å². The summed E-state index contributed by atoms with van der Waals surface area (Å²) in [4.78, 5) is 23.7. The molecule has 3 rings (SSSR count). The van der Waals surface area contributed by atoms with Crippen LogP contribution in [0.3, 0.4) is 0 Å². The summed E-state index contributed by atoms with van der Waals surface area (Å²) in [6.07, 6.45) is 9.20. The number of rotatable bonds is 2. The minimum atomic E-state index is 0.0497. The third kappa shape index (κ3) is 3.93. The van der Waals surface area contributed by atoms with Gasteiger partial charge in [-0.05, 0) is 30.7 Å². The van der Waals surface area contributed by atoms with Gasteiger partial charge in [-0.25, -0.2) is 4.99 Å². The highest BCUT2D eigenvalue weighted by Gasteiger charge is 2.22. The first-order chi connectivity index (χ1) is 10.7. The van der Waals surface area contributed by atoms with E-state index in [1.807, 2.05) is 26.1 Å². The van der Waals surface area contributed by atoms with E-state index in [0.717, 1.165) is 48.7 Å². The predicted molar refractivity (Wildman–Crippen MR) is 93.3 cm³/mol. The second-order valence-electron chi connectivity index (χ2n) is 5.94. The van der Waals surface area contributed by atoms with Crippen molar-refractivity contribution in [1.82, 2.24) is 4.98 Å². The third-order valence-corrected chi connectivity index (χ3v) is 4.38. The molecule has 0 radical (unpaired) electrons. The Labute approximate surface area is 132 Å². The van der Waals surface area contributed by atoms with Gasteiger partial charge in [0.05, 0.1) is 0 Å². The van der Waals surface area contributed by atoms with Crippen LogP contribution in [0.25, 0.3) is 0 Å². The zero-order valence-electron chi connectivity index (χ0n) is 13.9. The van der Waals surface area contributed by atoms with Crippen molar-refractivity contribution in [2.24, 2.45) is 15.9 Å². The largest absolute Gasteiger partial charge is 0.328 e. The van der Waals surface area contributed by atoms with Crippen molar-refractivity contribution < 1.29 is 0 Å². The molecule has 0 spiro atoms. The number of aromatic nitrogens is 1. The number of amidine groups is 1. The maximum Gasteiger partial charge on any atom is 0.251 e. The zero-order chi connectivity index (χ0) is 15.9. The average Bonchev–Trinajstić information content (AvgIpc) is 2.59. The molecule has 0 unspecified atom stereocenters. The van der Waals surface area contributed by atoms with E-state index in [1.165, 1.54) is 12.8 Å². The van der Waals surface area contributed by atoms with Crippen molar-refractivity contribution in [2.45, 2.75) is 58.8 Å². The predicted octanol–water partition coefficient (Wildman–Crippen LogP) is 3.92. The first-order valence-corrected chi connectivity index (χ1v) is 8.54. The lowest BCUT2D eigenvalue weighted by Gasteiger charge is -2.26. The number of H-pyrrole nitrogens is 1. The lowest BCUT2D eigenvalue weighted by atomic mass is 9.79. The van der Waals surface area contributed by atoms with Gasteiger partial charge in [-0.2, -0.15) is 0 Å². The van der Waals surface area contributed by atoms with E-state index in [2.05, 4.69) is 21.9 Å². The molecule has 1 aromatic heterocycles. The van der Waals surface area contributed by atoms with Gasteiger partial charge in [-0.1, -0.05) is 33.6 Å². The first-order valence-electron chi connectivity index (χ1n) is 8.54. The maximum atomic E-state index is 12.1. The highest BCUT2D eigenvalue weighted by atomic mass is 16.1. The van der Waals surface area contributed by atoms with Gasteiger partial charge in [0.25, 0.3) is 5.56 Å². The average molecular weight is 301 g/mol. The Hall–Kier alpha value is -1.71. The second kappa shape index (κ2) is 8.06. The molecule has 1 aromatic rings. The molecule has 0 atom stereocenters. The molecule has 2 aliphatic rings. The van der Waals surface area contributed by atoms with Crippen molar-refractivity contribution in [3.63, 3.8) is 0 Å². The fourth-order valence-corrected chi connectivity index (χ4v) is 3.09. The van der Waals surface area contributed by atoms with Crippen LogP contribution in [0.2, 0.25) is 0 Å². The molecule has 22 heavy (non-hydrogen) atoms. The molecule has 0 aromatic carbocycles. The van der Waals surface area contributed by atoms with Crippen molar-refractivity contribution in [2.75, 3.05) is 6.54 Å². The molecule has 1 aliphatic carbocycles. The zero-order valence-corrected chi connectivity index (χ0v) is 13.9. The Kier molecular flexibility index (Phi) is 6.10. The van der Waals surface area contributed by atoms with Crippen LogP contribution >= 0.6 is 0 Å². The van der Waals surface area contributed by atoms with E-state index in [-0.39, 0.29) is 5.56 Å². The van der Waals surface area contributed by atoms with Gasteiger partial charge in [0.2, 0.25) is 0 Å². The van der Waals surface area contributed by atoms with Crippen molar-refractivity contribution >= 4 is 12.1 Å². The van der Waals surface area contributed by atoms with Gasteiger partial charge in [0.15, 0.2) is 5.84 Å². The van der Waals surface area contributed by atoms with E-state index >= 15 is 0 Å². The normalized spacial score (nSPS) is 24.2. The summed E-state index contributed by atoms with van der Waals surface area (Å²) in [5.74, 6) is 1.93. The quantitative estimate of drug-likeness (QED) is 0.884. The van der Waals surface area contributed by atoms with Gasteiger partial charge in [0, 0.05) is 36.5 Å². The molecule has 1 aliphatic heterocycles. The number of aliphatic imine (C=N–C) groups is 2. The van der Waals surface area contributed by atoms with Gasteiger partial charge < -0.3 is 4.98 Å². The van der Waals surface area contributed by atoms with Crippen LogP contribution in [-0.2, 0) is 0 Å². The number of hydrogen-bond donors (Lipinski definition) is 1. The Morgan fingerprint density at radius 3 is 2.55 bits per heavy atom. The van der Waals surface area contributed by atoms with Gasteiger partial charge in [-0.15, -0.1) is 0 Å². The van der Waals surface area contributed by atoms with E-state index in [1.54, 1.807) is 6.20 Å². The lowest BCUT2D eigenvalue weighted by molar-refractivity contribution is 0.346. The summed E-state index contributed by atoms with van der Waals surface area (Å²) in [7, 11) is 0. The maximum absolute atomic E-state index is 12.1. The molecule has 1 N–H and O–H groups in total. The first kappa shape index (κ1) is 16.7. The Bertz CT molecular complexity index is 593. The summed E-state index contributed by atoms with van der Waals surface area (Å²) in [5.41, 5.74) is 1.90. The van der Waals surface area contributed by atoms with Crippen molar-refractivity contribution in [1.29, 1.82) is 0 Å². The number of nitrogens with zero attached hydrogens (tertiary/aromatic N) is 2. The minimum absolute atomic E-state index is 0.0497.